The quantitative estimate of drug-likeness (QED) is 0.907. The van der Waals surface area contributed by atoms with E-state index in [9.17, 15) is 4.79 Å². The first-order valence-corrected chi connectivity index (χ1v) is 7.03. The molecule has 0 saturated heterocycles. The fourth-order valence-corrected chi connectivity index (χ4v) is 2.77. The Bertz CT molecular complexity index is 672. The number of carbonyl (C=O) groups is 1. The lowest BCUT2D eigenvalue weighted by Crippen LogP contribution is -2.27. The molecule has 1 aliphatic heterocycles. The lowest BCUT2D eigenvalue weighted by molar-refractivity contribution is 0.0986. The molecule has 1 aromatic carbocycles. The number of hydrogen-bond acceptors (Lipinski definition) is 2. The predicted octanol–water partition coefficient (Wildman–Crippen LogP) is 3.40. The van der Waals surface area contributed by atoms with Gasteiger partial charge in [-0.15, -0.1) is 0 Å². The fraction of sp³-hybridized carbons (Fsp3) is 0.312. The highest BCUT2D eigenvalue weighted by Gasteiger charge is 2.28. The summed E-state index contributed by atoms with van der Waals surface area (Å²) in [4.78, 5) is 14.5. The highest BCUT2D eigenvalue weighted by atomic mass is 16.2. The maximum absolute atomic E-state index is 12.8. The standard InChI is InChI=1S/C16H19N3O/c1-4-11-10-19(5-2)15-14(11)17-12-8-6-7-9-13(12)18(3)16(15)20/h6-10,17H,4-5H2,1-3H3. The summed E-state index contributed by atoms with van der Waals surface area (Å²) in [6.07, 6.45) is 2.98. The second-order valence-corrected chi connectivity index (χ2v) is 5.02. The monoisotopic (exact) mass is 269 g/mol. The maximum Gasteiger partial charge on any atom is 0.276 e. The Balaban J connectivity index is 2.25. The van der Waals surface area contributed by atoms with Gasteiger partial charge in [-0.25, -0.2) is 0 Å². The summed E-state index contributed by atoms with van der Waals surface area (Å²) in [7, 11) is 1.83. The minimum absolute atomic E-state index is 0.0407. The van der Waals surface area contributed by atoms with Gasteiger partial charge in [-0.3, -0.25) is 4.79 Å². The zero-order valence-electron chi connectivity index (χ0n) is 12.1. The molecule has 0 aliphatic carbocycles. The van der Waals surface area contributed by atoms with Crippen LogP contribution in [0.3, 0.4) is 0 Å². The van der Waals surface area contributed by atoms with Crippen molar-refractivity contribution in [3.63, 3.8) is 0 Å². The number of amides is 1. The molecule has 0 radical (unpaired) electrons. The van der Waals surface area contributed by atoms with Gasteiger partial charge in [0.25, 0.3) is 5.91 Å². The second kappa shape index (κ2) is 4.71. The zero-order chi connectivity index (χ0) is 14.3. The largest absolute Gasteiger partial charge is 0.352 e. The second-order valence-electron chi connectivity index (χ2n) is 5.02. The fourth-order valence-electron chi connectivity index (χ4n) is 2.77. The third-order valence-electron chi connectivity index (χ3n) is 3.91. The van der Waals surface area contributed by atoms with Crippen LogP contribution in [-0.2, 0) is 13.0 Å². The molecular weight excluding hydrogens is 250 g/mol. The Morgan fingerprint density at radius 3 is 2.65 bits per heavy atom. The molecule has 3 rings (SSSR count). The molecule has 0 fully saturated rings. The van der Waals surface area contributed by atoms with E-state index in [1.54, 1.807) is 4.90 Å². The van der Waals surface area contributed by atoms with Crippen molar-refractivity contribution < 1.29 is 4.79 Å². The van der Waals surface area contributed by atoms with Crippen molar-refractivity contribution in [3.8, 4) is 0 Å². The van der Waals surface area contributed by atoms with Crippen LogP contribution < -0.4 is 10.2 Å². The molecule has 0 bridgehead atoms. The van der Waals surface area contributed by atoms with E-state index in [0.717, 1.165) is 35.7 Å². The molecule has 104 valence electrons. The van der Waals surface area contributed by atoms with Gasteiger partial charge in [-0.1, -0.05) is 19.1 Å². The average molecular weight is 269 g/mol. The van der Waals surface area contributed by atoms with Gasteiger partial charge in [0.05, 0.1) is 17.1 Å². The Labute approximate surface area is 119 Å². The first kappa shape index (κ1) is 12.8. The van der Waals surface area contributed by atoms with Crippen LogP contribution in [0.2, 0.25) is 0 Å². The number of nitrogens with one attached hydrogen (secondary N) is 1. The van der Waals surface area contributed by atoms with E-state index in [0.29, 0.717) is 0 Å². The summed E-state index contributed by atoms with van der Waals surface area (Å²) in [5, 5.41) is 3.45. The first-order chi connectivity index (χ1) is 9.67. The zero-order valence-corrected chi connectivity index (χ0v) is 12.1. The van der Waals surface area contributed by atoms with Crippen molar-refractivity contribution >= 4 is 23.0 Å². The molecule has 1 amide bonds. The van der Waals surface area contributed by atoms with Crippen LogP contribution in [0, 0.1) is 0 Å². The van der Waals surface area contributed by atoms with Crippen molar-refractivity contribution in [3.05, 3.63) is 41.7 Å². The van der Waals surface area contributed by atoms with Gasteiger partial charge < -0.3 is 14.8 Å². The highest BCUT2D eigenvalue weighted by molar-refractivity contribution is 6.12. The van der Waals surface area contributed by atoms with Crippen LogP contribution in [-0.4, -0.2) is 17.5 Å². The van der Waals surface area contributed by atoms with E-state index < -0.39 is 0 Å². The minimum atomic E-state index is 0.0407. The van der Waals surface area contributed by atoms with E-state index in [1.165, 1.54) is 5.56 Å². The normalized spacial score (nSPS) is 13.6. The molecule has 1 aliphatic rings. The molecule has 20 heavy (non-hydrogen) atoms. The summed E-state index contributed by atoms with van der Waals surface area (Å²) in [5.74, 6) is 0.0407. The summed E-state index contributed by atoms with van der Waals surface area (Å²) in [6.45, 7) is 4.97. The lowest BCUT2D eigenvalue weighted by Gasteiger charge is -2.17. The molecule has 0 unspecified atom stereocenters. The van der Waals surface area contributed by atoms with Crippen molar-refractivity contribution in [1.29, 1.82) is 0 Å². The molecule has 4 heteroatoms. The van der Waals surface area contributed by atoms with Crippen LogP contribution in [0.4, 0.5) is 17.1 Å². The van der Waals surface area contributed by atoms with Gasteiger partial charge in [0.2, 0.25) is 0 Å². The number of hydrogen-bond donors (Lipinski definition) is 1. The molecule has 1 aromatic heterocycles. The maximum atomic E-state index is 12.8. The third kappa shape index (κ3) is 1.72. The van der Waals surface area contributed by atoms with Crippen LogP contribution in [0.1, 0.15) is 29.9 Å². The van der Waals surface area contributed by atoms with Gasteiger partial charge in [0, 0.05) is 19.8 Å². The number of aromatic nitrogens is 1. The summed E-state index contributed by atoms with van der Waals surface area (Å²) in [5.41, 5.74) is 4.78. The molecular formula is C16H19N3O. The lowest BCUT2D eigenvalue weighted by atomic mass is 10.2. The summed E-state index contributed by atoms with van der Waals surface area (Å²) >= 11 is 0. The molecule has 4 nitrogen and oxygen atoms in total. The van der Waals surface area contributed by atoms with E-state index in [4.69, 9.17) is 0 Å². The smallest absolute Gasteiger partial charge is 0.276 e. The number of benzene rings is 1. The molecule has 2 aromatic rings. The molecule has 1 N–H and O–H groups in total. The number of anilines is 3. The van der Waals surface area contributed by atoms with Crippen molar-refractivity contribution in [2.45, 2.75) is 26.8 Å². The van der Waals surface area contributed by atoms with Crippen LogP contribution in [0.5, 0.6) is 0 Å². The minimum Gasteiger partial charge on any atom is -0.352 e. The van der Waals surface area contributed by atoms with E-state index in [2.05, 4.69) is 25.4 Å². The molecule has 0 atom stereocenters. The van der Waals surface area contributed by atoms with Crippen LogP contribution in [0.15, 0.2) is 30.5 Å². The summed E-state index contributed by atoms with van der Waals surface area (Å²) < 4.78 is 2.03. The van der Waals surface area contributed by atoms with Gasteiger partial charge >= 0.3 is 0 Å². The van der Waals surface area contributed by atoms with Gasteiger partial charge in [-0.05, 0) is 31.0 Å². The van der Waals surface area contributed by atoms with Crippen LogP contribution in [0.25, 0.3) is 0 Å². The molecule has 0 spiro atoms. The number of rotatable bonds is 2. The average Bonchev–Trinajstić information content (AvgIpc) is 2.79. The first-order valence-electron chi connectivity index (χ1n) is 7.03. The number of para-hydroxylation sites is 2. The Hall–Kier alpha value is -2.23. The molecule has 2 heterocycles. The van der Waals surface area contributed by atoms with E-state index >= 15 is 0 Å². The number of carbonyl (C=O) groups excluding carboxylic acids is 1. The van der Waals surface area contributed by atoms with Gasteiger partial charge in [-0.2, -0.15) is 0 Å². The molecule has 0 saturated carbocycles. The summed E-state index contributed by atoms with van der Waals surface area (Å²) in [6, 6.07) is 7.91. The van der Waals surface area contributed by atoms with Crippen molar-refractivity contribution in [1.82, 2.24) is 4.57 Å². The number of aryl methyl sites for hydroxylation is 2. The Kier molecular flexibility index (Phi) is 3.01. The van der Waals surface area contributed by atoms with Crippen LogP contribution >= 0.6 is 0 Å². The predicted molar refractivity (Wildman–Crippen MR) is 81.9 cm³/mol. The Morgan fingerprint density at radius 2 is 1.95 bits per heavy atom. The van der Waals surface area contributed by atoms with Gasteiger partial charge in [0.1, 0.15) is 5.69 Å². The number of nitrogens with zero attached hydrogens (tertiary/aromatic N) is 2. The SMILES string of the molecule is CCc1cn(CC)c2c1Nc1ccccc1N(C)C2=O. The topological polar surface area (TPSA) is 37.3 Å². The van der Waals surface area contributed by atoms with Crippen molar-refractivity contribution in [2.75, 3.05) is 17.3 Å². The third-order valence-corrected chi connectivity index (χ3v) is 3.91. The number of fused-ring (bicyclic) bond motifs is 2. The van der Waals surface area contributed by atoms with E-state index in [1.807, 2.05) is 35.9 Å². The van der Waals surface area contributed by atoms with Gasteiger partial charge in [0.15, 0.2) is 0 Å². The van der Waals surface area contributed by atoms with Crippen molar-refractivity contribution in [2.24, 2.45) is 0 Å². The van der Waals surface area contributed by atoms with E-state index in [-0.39, 0.29) is 5.91 Å². The highest BCUT2D eigenvalue weighted by Crippen LogP contribution is 2.37. The Morgan fingerprint density at radius 1 is 1.20 bits per heavy atom.